The van der Waals surface area contributed by atoms with Gasteiger partial charge < -0.3 is 10.3 Å². The minimum absolute atomic E-state index is 0.145. The third-order valence-electron chi connectivity index (χ3n) is 1.09. The van der Waals surface area contributed by atoms with Gasteiger partial charge in [0, 0.05) is 0 Å². The zero-order chi connectivity index (χ0) is 7.68. The van der Waals surface area contributed by atoms with Crippen LogP contribution in [-0.4, -0.2) is 20.5 Å². The molecule has 0 saturated carbocycles. The molecule has 2 heterocycles. The van der Waals surface area contributed by atoms with E-state index in [2.05, 4.69) is 29.6 Å². The van der Waals surface area contributed by atoms with E-state index in [-0.39, 0.29) is 11.6 Å². The van der Waals surface area contributed by atoms with Gasteiger partial charge in [0.05, 0.1) is 0 Å². The summed E-state index contributed by atoms with van der Waals surface area (Å²) < 4.78 is 8.79. The van der Waals surface area contributed by atoms with Crippen LogP contribution in [0.4, 0.5) is 5.82 Å². The van der Waals surface area contributed by atoms with Gasteiger partial charge in [0.1, 0.15) is 0 Å². The van der Waals surface area contributed by atoms with E-state index in [1.54, 1.807) is 0 Å². The van der Waals surface area contributed by atoms with Gasteiger partial charge in [-0.25, -0.2) is 4.63 Å². The highest BCUT2D eigenvalue weighted by Crippen LogP contribution is 2.16. The minimum atomic E-state index is 0.145. The Balaban J connectivity index is 2.53. The van der Waals surface area contributed by atoms with E-state index in [0.717, 1.165) is 0 Å². The Bertz CT molecular complexity index is 339. The summed E-state index contributed by atoms with van der Waals surface area (Å²) in [6.45, 7) is 0. The van der Waals surface area contributed by atoms with E-state index in [9.17, 15) is 0 Å². The van der Waals surface area contributed by atoms with Crippen LogP contribution >= 0.6 is 0 Å². The first-order valence-electron chi connectivity index (χ1n) is 2.72. The Labute approximate surface area is 60.1 Å². The molecular formula is C4H3N5O2. The van der Waals surface area contributed by atoms with Crippen molar-refractivity contribution in [1.82, 2.24) is 20.5 Å². The van der Waals surface area contributed by atoms with Crippen LogP contribution in [-0.2, 0) is 0 Å². The summed E-state index contributed by atoms with van der Waals surface area (Å²) in [6.07, 6.45) is 1.17. The van der Waals surface area contributed by atoms with Crippen molar-refractivity contribution >= 4 is 5.82 Å². The lowest BCUT2D eigenvalue weighted by molar-refractivity contribution is 0.310. The predicted octanol–water partition coefficient (Wildman–Crippen LogP) is -0.298. The molecule has 0 bridgehead atoms. The molecule has 0 atom stereocenters. The maximum absolute atomic E-state index is 5.34. The molecule has 0 spiro atoms. The highest BCUT2D eigenvalue weighted by molar-refractivity contribution is 5.60. The molecule has 11 heavy (non-hydrogen) atoms. The first kappa shape index (κ1) is 5.83. The van der Waals surface area contributed by atoms with Gasteiger partial charge in [-0.15, -0.1) is 0 Å². The van der Waals surface area contributed by atoms with Crippen LogP contribution in [0.1, 0.15) is 0 Å². The Hall–Kier alpha value is -1.92. The average Bonchev–Trinajstić information content (AvgIpc) is 2.55. The van der Waals surface area contributed by atoms with E-state index in [1.807, 2.05) is 0 Å². The van der Waals surface area contributed by atoms with Crippen molar-refractivity contribution in [1.29, 1.82) is 0 Å². The highest BCUT2D eigenvalue weighted by Gasteiger charge is 2.12. The number of hydrogen-bond acceptors (Lipinski definition) is 7. The van der Waals surface area contributed by atoms with Crippen molar-refractivity contribution in [3.8, 4) is 11.5 Å². The van der Waals surface area contributed by atoms with Crippen LogP contribution < -0.4 is 5.73 Å². The van der Waals surface area contributed by atoms with Gasteiger partial charge in [-0.05, 0) is 10.3 Å². The average molecular weight is 153 g/mol. The molecule has 2 N–H and O–H groups in total. The van der Waals surface area contributed by atoms with E-state index in [1.165, 1.54) is 6.39 Å². The van der Waals surface area contributed by atoms with Crippen molar-refractivity contribution in [2.24, 2.45) is 0 Å². The van der Waals surface area contributed by atoms with Crippen molar-refractivity contribution < 1.29 is 9.15 Å². The zero-order valence-corrected chi connectivity index (χ0v) is 5.26. The maximum Gasteiger partial charge on any atom is 0.228 e. The second-order valence-electron chi connectivity index (χ2n) is 1.75. The first-order chi connectivity index (χ1) is 5.38. The molecule has 0 unspecified atom stereocenters. The zero-order valence-electron chi connectivity index (χ0n) is 5.26. The van der Waals surface area contributed by atoms with E-state index < -0.39 is 0 Å². The minimum Gasteiger partial charge on any atom is -0.379 e. The van der Waals surface area contributed by atoms with Crippen molar-refractivity contribution in [3.63, 3.8) is 0 Å². The summed E-state index contributed by atoms with van der Waals surface area (Å²) >= 11 is 0. The van der Waals surface area contributed by atoms with Gasteiger partial charge in [0.2, 0.25) is 12.2 Å². The van der Waals surface area contributed by atoms with Crippen molar-refractivity contribution in [3.05, 3.63) is 6.39 Å². The summed E-state index contributed by atoms with van der Waals surface area (Å²) in [4.78, 5) is 3.70. The summed E-state index contributed by atoms with van der Waals surface area (Å²) in [5.74, 6) is 0.412. The third-order valence-corrected chi connectivity index (χ3v) is 1.09. The molecule has 7 heteroatoms. The van der Waals surface area contributed by atoms with E-state index >= 15 is 0 Å². The molecule has 0 aliphatic carbocycles. The molecule has 7 nitrogen and oxygen atoms in total. The number of nitrogens with two attached hydrogens (primary N) is 1. The summed E-state index contributed by atoms with van der Waals surface area (Å²) in [5.41, 5.74) is 5.63. The lowest BCUT2D eigenvalue weighted by Gasteiger charge is -1.81. The summed E-state index contributed by atoms with van der Waals surface area (Å²) in [7, 11) is 0. The molecule has 0 fully saturated rings. The Morgan fingerprint density at radius 2 is 2.18 bits per heavy atom. The quantitative estimate of drug-likeness (QED) is 0.599. The van der Waals surface area contributed by atoms with Crippen LogP contribution in [0.2, 0.25) is 0 Å². The van der Waals surface area contributed by atoms with E-state index in [4.69, 9.17) is 5.73 Å². The molecule has 2 aromatic rings. The molecule has 0 aliphatic rings. The lowest BCUT2D eigenvalue weighted by atomic mass is 10.4. The number of aromatic nitrogens is 4. The molecule has 56 valence electrons. The Morgan fingerprint density at radius 1 is 1.27 bits per heavy atom. The molecule has 0 radical (unpaired) electrons. The van der Waals surface area contributed by atoms with Crippen LogP contribution in [0.15, 0.2) is 15.5 Å². The van der Waals surface area contributed by atoms with Crippen molar-refractivity contribution in [2.45, 2.75) is 0 Å². The monoisotopic (exact) mass is 153 g/mol. The molecule has 0 amide bonds. The number of nitrogens with zero attached hydrogens (tertiary/aromatic N) is 4. The van der Waals surface area contributed by atoms with Crippen molar-refractivity contribution in [2.75, 3.05) is 5.73 Å². The van der Waals surface area contributed by atoms with Crippen LogP contribution in [0.5, 0.6) is 0 Å². The van der Waals surface area contributed by atoms with Gasteiger partial charge in [0.15, 0.2) is 11.5 Å². The van der Waals surface area contributed by atoms with Crippen LogP contribution in [0.25, 0.3) is 11.5 Å². The Kier molecular flexibility index (Phi) is 1.08. The largest absolute Gasteiger partial charge is 0.379 e. The summed E-state index contributed by atoms with van der Waals surface area (Å²) in [6, 6.07) is 0. The van der Waals surface area contributed by atoms with E-state index in [0.29, 0.717) is 5.69 Å². The summed E-state index contributed by atoms with van der Waals surface area (Å²) in [5, 5.41) is 10.3. The Morgan fingerprint density at radius 3 is 2.73 bits per heavy atom. The second-order valence-corrected chi connectivity index (χ2v) is 1.75. The highest BCUT2D eigenvalue weighted by atomic mass is 16.6. The normalized spacial score (nSPS) is 10.2. The fraction of sp³-hybridized carbons (Fsp3) is 0. The van der Waals surface area contributed by atoms with Gasteiger partial charge >= 0.3 is 0 Å². The molecule has 0 saturated heterocycles. The lowest BCUT2D eigenvalue weighted by Crippen LogP contribution is -1.89. The second kappa shape index (κ2) is 2.04. The van der Waals surface area contributed by atoms with Crippen LogP contribution in [0.3, 0.4) is 0 Å². The number of nitrogen functional groups attached to an aromatic ring is 1. The molecular weight excluding hydrogens is 150 g/mol. The number of anilines is 1. The molecule has 2 rings (SSSR count). The van der Waals surface area contributed by atoms with Gasteiger partial charge in [0.25, 0.3) is 0 Å². The smallest absolute Gasteiger partial charge is 0.228 e. The number of hydrogen-bond donors (Lipinski definition) is 1. The molecule has 0 aliphatic heterocycles. The fourth-order valence-corrected chi connectivity index (χ4v) is 0.626. The third kappa shape index (κ3) is 0.820. The SMILES string of the molecule is Nc1nonc1-c1ncon1. The van der Waals surface area contributed by atoms with Gasteiger partial charge in [-0.1, -0.05) is 5.16 Å². The number of rotatable bonds is 1. The van der Waals surface area contributed by atoms with Gasteiger partial charge in [-0.3, -0.25) is 0 Å². The van der Waals surface area contributed by atoms with Crippen LogP contribution in [0, 0.1) is 0 Å². The standard InChI is InChI=1S/C4H3N5O2/c5-3-2(7-11-8-3)4-6-1-10-9-4/h1H,(H2,5,8). The topological polar surface area (TPSA) is 104 Å². The predicted molar refractivity (Wildman–Crippen MR) is 32.0 cm³/mol. The fourth-order valence-electron chi connectivity index (χ4n) is 0.626. The van der Waals surface area contributed by atoms with Gasteiger partial charge in [-0.2, -0.15) is 4.98 Å². The first-order valence-corrected chi connectivity index (χ1v) is 2.72. The molecule has 0 aromatic carbocycles. The maximum atomic E-state index is 5.34. The molecule has 2 aromatic heterocycles.